The van der Waals surface area contributed by atoms with Crippen molar-refractivity contribution in [1.29, 1.82) is 0 Å². The summed E-state index contributed by atoms with van der Waals surface area (Å²) in [4.78, 5) is 35.0. The average molecular weight is 356 g/mol. The molecule has 0 saturated carbocycles. The number of hydrogen-bond donors (Lipinski definition) is 1. The number of carbonyl (C=O) groups excluding carboxylic acids is 1. The Bertz CT molecular complexity index is 962. The number of nitrogens with zero attached hydrogens (tertiary/aromatic N) is 5. The van der Waals surface area contributed by atoms with Crippen molar-refractivity contribution in [2.75, 3.05) is 18.0 Å². The number of amides is 1. The second kappa shape index (κ2) is 6.60. The van der Waals surface area contributed by atoms with E-state index < -0.39 is 5.56 Å². The maximum atomic E-state index is 12.5. The molecule has 4 heterocycles. The van der Waals surface area contributed by atoms with Crippen LogP contribution in [0, 0.1) is 0 Å². The summed E-state index contributed by atoms with van der Waals surface area (Å²) in [6, 6.07) is 4.90. The summed E-state index contributed by atoms with van der Waals surface area (Å²) < 4.78 is 1.46. The average Bonchev–Trinajstić information content (AvgIpc) is 3.29. The number of rotatable bonds is 4. The van der Waals surface area contributed by atoms with Gasteiger partial charge in [0.15, 0.2) is 0 Å². The van der Waals surface area contributed by atoms with Gasteiger partial charge in [-0.05, 0) is 24.5 Å². The van der Waals surface area contributed by atoms with Crippen LogP contribution in [0.5, 0.6) is 0 Å². The fourth-order valence-corrected chi connectivity index (χ4v) is 3.74. The van der Waals surface area contributed by atoms with Gasteiger partial charge in [-0.15, -0.1) is 5.10 Å². The lowest BCUT2D eigenvalue weighted by Gasteiger charge is -2.11. The van der Waals surface area contributed by atoms with E-state index in [0.717, 1.165) is 36.6 Å². The van der Waals surface area contributed by atoms with E-state index in [1.165, 1.54) is 21.9 Å². The van der Waals surface area contributed by atoms with E-state index in [1.54, 1.807) is 18.5 Å². The van der Waals surface area contributed by atoms with Crippen molar-refractivity contribution in [2.45, 2.75) is 19.4 Å². The summed E-state index contributed by atoms with van der Waals surface area (Å²) in [6.07, 6.45) is 5.61. The number of nitrogens with one attached hydrogen (secondary N) is 1. The number of anilines is 1. The minimum Gasteiger partial charge on any atom is -0.347 e. The molecule has 1 saturated heterocycles. The SMILES string of the molecule is O=C(NCc1cccnc1)c1cc(=O)nc2sc(N3CCCC3)nn12. The lowest BCUT2D eigenvalue weighted by Crippen LogP contribution is -2.27. The van der Waals surface area contributed by atoms with Crippen molar-refractivity contribution in [3.63, 3.8) is 0 Å². The second-order valence-electron chi connectivity index (χ2n) is 5.80. The van der Waals surface area contributed by atoms with Crippen molar-refractivity contribution in [3.8, 4) is 0 Å². The molecule has 3 aromatic heterocycles. The molecule has 0 atom stereocenters. The minimum atomic E-state index is -0.442. The third kappa shape index (κ3) is 3.22. The van der Waals surface area contributed by atoms with Gasteiger partial charge in [0, 0.05) is 38.1 Å². The summed E-state index contributed by atoms with van der Waals surface area (Å²) in [6.45, 7) is 2.20. The van der Waals surface area contributed by atoms with Gasteiger partial charge in [-0.3, -0.25) is 14.6 Å². The van der Waals surface area contributed by atoms with E-state index >= 15 is 0 Å². The van der Waals surface area contributed by atoms with E-state index in [-0.39, 0.29) is 11.6 Å². The monoisotopic (exact) mass is 356 g/mol. The lowest BCUT2D eigenvalue weighted by atomic mass is 10.3. The topological polar surface area (TPSA) is 92.5 Å². The summed E-state index contributed by atoms with van der Waals surface area (Å²) in [5, 5.41) is 8.09. The van der Waals surface area contributed by atoms with Gasteiger partial charge >= 0.3 is 0 Å². The van der Waals surface area contributed by atoms with Crippen LogP contribution in [0.2, 0.25) is 0 Å². The van der Waals surface area contributed by atoms with Gasteiger partial charge in [-0.25, -0.2) is 0 Å². The Kier molecular flexibility index (Phi) is 4.14. The third-order valence-corrected chi connectivity index (χ3v) is 5.00. The Labute approximate surface area is 147 Å². The largest absolute Gasteiger partial charge is 0.347 e. The van der Waals surface area contributed by atoms with Crippen LogP contribution < -0.4 is 15.8 Å². The molecule has 0 aliphatic carbocycles. The highest BCUT2D eigenvalue weighted by Gasteiger charge is 2.20. The molecule has 4 rings (SSSR count). The van der Waals surface area contributed by atoms with Crippen LogP contribution >= 0.6 is 11.3 Å². The molecule has 0 radical (unpaired) electrons. The van der Waals surface area contributed by atoms with E-state index in [1.807, 2.05) is 6.07 Å². The highest BCUT2D eigenvalue weighted by Crippen LogP contribution is 2.25. The molecule has 0 aromatic carbocycles. The minimum absolute atomic E-state index is 0.195. The van der Waals surface area contributed by atoms with Crippen molar-refractivity contribution in [1.82, 2.24) is 24.9 Å². The number of hydrogen-bond acceptors (Lipinski definition) is 7. The van der Waals surface area contributed by atoms with Gasteiger partial charge in [-0.1, -0.05) is 17.4 Å². The van der Waals surface area contributed by atoms with Crippen LogP contribution in [-0.4, -0.2) is 38.6 Å². The number of carbonyl (C=O) groups is 1. The smallest absolute Gasteiger partial charge is 0.274 e. The van der Waals surface area contributed by atoms with Gasteiger partial charge in [0.1, 0.15) is 5.69 Å². The number of fused-ring (bicyclic) bond motifs is 1. The fraction of sp³-hybridized carbons (Fsp3) is 0.312. The zero-order valence-corrected chi connectivity index (χ0v) is 14.2. The summed E-state index contributed by atoms with van der Waals surface area (Å²) in [7, 11) is 0. The molecule has 3 aromatic rings. The molecule has 9 heteroatoms. The van der Waals surface area contributed by atoms with E-state index in [9.17, 15) is 9.59 Å². The Morgan fingerprint density at radius 2 is 2.16 bits per heavy atom. The molecule has 1 amide bonds. The van der Waals surface area contributed by atoms with Crippen LogP contribution in [0.25, 0.3) is 4.96 Å². The molecule has 1 N–H and O–H groups in total. The van der Waals surface area contributed by atoms with Crippen molar-refractivity contribution in [3.05, 3.63) is 52.2 Å². The van der Waals surface area contributed by atoms with Gasteiger partial charge in [0.25, 0.3) is 11.5 Å². The van der Waals surface area contributed by atoms with Crippen LogP contribution in [-0.2, 0) is 6.54 Å². The van der Waals surface area contributed by atoms with E-state index in [0.29, 0.717) is 11.5 Å². The predicted octanol–water partition coefficient (Wildman–Crippen LogP) is 1.08. The molecule has 0 spiro atoms. The summed E-state index contributed by atoms with van der Waals surface area (Å²) in [5.74, 6) is -0.364. The molecule has 25 heavy (non-hydrogen) atoms. The summed E-state index contributed by atoms with van der Waals surface area (Å²) >= 11 is 1.33. The van der Waals surface area contributed by atoms with Crippen molar-refractivity contribution >= 4 is 27.3 Å². The number of aromatic nitrogens is 4. The molecular weight excluding hydrogens is 340 g/mol. The van der Waals surface area contributed by atoms with Crippen LogP contribution in [0.3, 0.4) is 0 Å². The predicted molar refractivity (Wildman–Crippen MR) is 94.0 cm³/mol. The van der Waals surface area contributed by atoms with E-state index in [2.05, 4.69) is 25.3 Å². The first-order chi connectivity index (χ1) is 12.2. The third-order valence-electron chi connectivity index (χ3n) is 4.03. The molecule has 0 unspecified atom stereocenters. The Hall–Kier alpha value is -2.81. The molecular formula is C16H16N6O2S. The second-order valence-corrected chi connectivity index (χ2v) is 6.73. The highest BCUT2D eigenvalue weighted by atomic mass is 32.1. The van der Waals surface area contributed by atoms with Crippen LogP contribution in [0.4, 0.5) is 5.13 Å². The van der Waals surface area contributed by atoms with E-state index in [4.69, 9.17) is 0 Å². The standard InChI is InChI=1S/C16H16N6O2S/c23-13-8-12(14(24)18-10-11-4-3-5-17-9-11)22-15(19-13)25-16(20-22)21-6-1-2-7-21/h3-5,8-9H,1-2,6-7,10H2,(H,18,24). The zero-order chi connectivity index (χ0) is 17.2. The van der Waals surface area contributed by atoms with Gasteiger partial charge in [-0.2, -0.15) is 9.50 Å². The first-order valence-corrected chi connectivity index (χ1v) is 8.85. The molecule has 128 valence electrons. The normalized spacial score (nSPS) is 14.2. The maximum Gasteiger partial charge on any atom is 0.274 e. The van der Waals surface area contributed by atoms with Crippen LogP contribution in [0.1, 0.15) is 28.9 Å². The van der Waals surface area contributed by atoms with Gasteiger partial charge in [0.05, 0.1) is 0 Å². The zero-order valence-electron chi connectivity index (χ0n) is 13.4. The molecule has 1 aliphatic heterocycles. The highest BCUT2D eigenvalue weighted by molar-refractivity contribution is 7.20. The molecule has 1 fully saturated rings. The molecule has 1 aliphatic rings. The Morgan fingerprint density at radius 1 is 1.32 bits per heavy atom. The Balaban J connectivity index is 1.63. The fourth-order valence-electron chi connectivity index (χ4n) is 2.78. The first kappa shape index (κ1) is 15.7. The number of pyridine rings is 1. The molecule has 0 bridgehead atoms. The van der Waals surface area contributed by atoms with Crippen molar-refractivity contribution in [2.24, 2.45) is 0 Å². The van der Waals surface area contributed by atoms with Crippen molar-refractivity contribution < 1.29 is 4.79 Å². The lowest BCUT2D eigenvalue weighted by molar-refractivity contribution is 0.0943. The quantitative estimate of drug-likeness (QED) is 0.752. The van der Waals surface area contributed by atoms with Gasteiger partial charge in [0.2, 0.25) is 10.1 Å². The maximum absolute atomic E-state index is 12.5. The Morgan fingerprint density at radius 3 is 2.92 bits per heavy atom. The summed E-state index contributed by atoms with van der Waals surface area (Å²) in [5.41, 5.74) is 0.633. The molecule has 8 nitrogen and oxygen atoms in total. The van der Waals surface area contributed by atoms with Gasteiger partial charge < -0.3 is 10.2 Å². The first-order valence-electron chi connectivity index (χ1n) is 8.04. The van der Waals surface area contributed by atoms with Crippen LogP contribution in [0.15, 0.2) is 35.4 Å².